The molecular weight excluding hydrogens is 1180 g/mol. The Bertz CT molecular complexity index is 3840. The third-order valence-electron chi connectivity index (χ3n) is 16.6. The van der Waals surface area contributed by atoms with Crippen molar-refractivity contribution >= 4 is 39.7 Å². The summed E-state index contributed by atoms with van der Waals surface area (Å²) in [4.78, 5) is 34.9. The summed E-state index contributed by atoms with van der Waals surface area (Å²) >= 11 is 0. The Balaban J connectivity index is 0.000000166. The van der Waals surface area contributed by atoms with Crippen LogP contribution < -0.4 is 34.1 Å². The van der Waals surface area contributed by atoms with E-state index in [-0.39, 0.29) is 17.7 Å². The molecule has 1 N–H and O–H groups in total. The fraction of sp³-hybridized carbons (Fsp3) is 0.347. The van der Waals surface area contributed by atoms with E-state index in [1.54, 1.807) is 58.2 Å². The number of nitrogens with one attached hydrogen (secondary N) is 1. The van der Waals surface area contributed by atoms with Gasteiger partial charge in [-0.05, 0) is 170 Å². The maximum absolute atomic E-state index is 13.9. The van der Waals surface area contributed by atoms with Crippen molar-refractivity contribution in [3.8, 4) is 28.7 Å². The minimum Gasteiger partial charge on any atom is -0.493 e. The molecule has 20 heteroatoms. The summed E-state index contributed by atoms with van der Waals surface area (Å²) in [5.41, 5.74) is 10.4. The molecule has 2 unspecified atom stereocenters. The second-order valence-corrected chi connectivity index (χ2v) is 26.2. The lowest BCUT2D eigenvalue weighted by Crippen LogP contribution is -2.45. The van der Waals surface area contributed by atoms with Crippen LogP contribution in [0.2, 0.25) is 0 Å². The van der Waals surface area contributed by atoms with Crippen molar-refractivity contribution in [2.45, 2.75) is 69.7 Å². The van der Waals surface area contributed by atoms with Crippen LogP contribution in [0.15, 0.2) is 175 Å². The number of amides is 1. The molecule has 4 aliphatic rings. The highest BCUT2D eigenvalue weighted by Gasteiger charge is 2.40. The van der Waals surface area contributed by atoms with Crippen molar-refractivity contribution in [3.05, 3.63) is 214 Å². The molecule has 1 amide bonds. The monoisotopic (exact) mass is 1260 g/mol. The number of carbonyl (C=O) groups is 2. The number of piperazine rings is 2. The molecule has 482 valence electrons. The van der Waals surface area contributed by atoms with Gasteiger partial charge in [-0.2, -0.15) is 4.68 Å². The van der Waals surface area contributed by atoms with Gasteiger partial charge >= 0.3 is 6.09 Å². The van der Waals surface area contributed by atoms with Gasteiger partial charge in [-0.25, -0.2) is 13.2 Å². The first-order chi connectivity index (χ1) is 44.5. The van der Waals surface area contributed by atoms with Crippen molar-refractivity contribution in [1.29, 1.82) is 0 Å². The van der Waals surface area contributed by atoms with E-state index in [1.807, 2.05) is 84.9 Å². The smallest absolute Gasteiger partial charge is 0.410 e. The van der Waals surface area contributed by atoms with Crippen LogP contribution in [0, 0.1) is 0 Å². The Kier molecular flexibility index (Phi) is 22.1. The van der Waals surface area contributed by atoms with E-state index in [4.69, 9.17) is 23.7 Å². The topological polar surface area (TPSA) is 186 Å². The number of fused-ring (bicyclic) bond motifs is 2. The number of tetrazole rings is 1. The lowest BCUT2D eigenvalue weighted by molar-refractivity contribution is 0.0162. The summed E-state index contributed by atoms with van der Waals surface area (Å²) in [6, 6.07) is 52.6. The van der Waals surface area contributed by atoms with E-state index in [1.165, 1.54) is 44.8 Å². The second kappa shape index (κ2) is 30.8. The van der Waals surface area contributed by atoms with Crippen LogP contribution in [0.25, 0.3) is 11.8 Å². The van der Waals surface area contributed by atoms with Gasteiger partial charge in [-0.15, -0.1) is 0 Å². The zero-order valence-electron chi connectivity index (χ0n) is 53.7. The van der Waals surface area contributed by atoms with Crippen LogP contribution in [0.4, 0.5) is 16.2 Å². The summed E-state index contributed by atoms with van der Waals surface area (Å²) in [5, 5.41) is 14.7. The standard InChI is InChI=1S/C30H33N5O6S.C30H35N3O2.C12H16N2O/c1-30(2,3)41-29(36)34-16-15-22-17-27(40-19-21-11-7-5-8-12-21)26(39-4)18-24(22)25(34)20-42(37,38)28-31-32-33-35(28)23-13-9-6-10-14-23;1-32-16-18-33(19-17-32)26-11-8-23(9-12-26)10-13-28-27-21-29(34-2)30(20-25(27)14-15-31-28)35-22-24-6-4-3-5-7-24;1-13-6-8-14(9-7-13)12-4-2-11(10-15)3-5-12/h5-14,17-18,25H,15-16,19-20H2,1-4H3;3-13,20-21,28,31H,14-19,22H2,1-2H3;2-5,10H,6-9H2,1H3/b;13-10+;. The van der Waals surface area contributed by atoms with Crippen molar-refractivity contribution < 1.29 is 41.7 Å². The Morgan fingerprint density at radius 1 is 0.598 bits per heavy atom. The lowest BCUT2D eigenvalue weighted by atomic mass is 9.93. The number of aldehydes is 1. The number of sulfone groups is 1. The molecule has 0 bridgehead atoms. The van der Waals surface area contributed by atoms with E-state index in [9.17, 15) is 18.0 Å². The number of aromatic nitrogens is 4. The Labute approximate surface area is 541 Å². The predicted molar refractivity (Wildman–Crippen MR) is 359 cm³/mol. The number of rotatable bonds is 17. The van der Waals surface area contributed by atoms with Crippen molar-refractivity contribution in [3.63, 3.8) is 0 Å². The molecule has 2 fully saturated rings. The van der Waals surface area contributed by atoms with Gasteiger partial charge in [-0.3, -0.25) is 9.69 Å². The molecule has 7 aromatic carbocycles. The van der Waals surface area contributed by atoms with Crippen LogP contribution in [-0.2, 0) is 40.6 Å². The van der Waals surface area contributed by atoms with E-state index >= 15 is 0 Å². The fourth-order valence-electron chi connectivity index (χ4n) is 11.5. The molecule has 8 aromatic rings. The van der Waals surface area contributed by atoms with Crippen LogP contribution in [0.1, 0.15) is 82.2 Å². The molecule has 92 heavy (non-hydrogen) atoms. The molecule has 12 rings (SSSR count). The molecular formula is C72H84N10O9S. The van der Waals surface area contributed by atoms with Gasteiger partial charge in [0.1, 0.15) is 25.1 Å². The largest absolute Gasteiger partial charge is 0.493 e. The molecule has 2 atom stereocenters. The third-order valence-corrected chi connectivity index (χ3v) is 18.2. The summed E-state index contributed by atoms with van der Waals surface area (Å²) in [7, 11) is 3.45. The lowest BCUT2D eigenvalue weighted by Gasteiger charge is -2.38. The summed E-state index contributed by atoms with van der Waals surface area (Å²) in [6.45, 7) is 16.1. The van der Waals surface area contributed by atoms with E-state index in [2.05, 4.69) is 115 Å². The van der Waals surface area contributed by atoms with Gasteiger partial charge in [0, 0.05) is 82.4 Å². The highest BCUT2D eigenvalue weighted by atomic mass is 32.2. The van der Waals surface area contributed by atoms with Crippen molar-refractivity contribution in [2.75, 3.05) is 109 Å². The van der Waals surface area contributed by atoms with E-state index < -0.39 is 33.3 Å². The number of benzene rings is 7. The third kappa shape index (κ3) is 17.3. The zero-order chi connectivity index (χ0) is 64.6. The Hall–Kier alpha value is -9.08. The number of methoxy groups -OCH3 is 2. The molecule has 1 aromatic heterocycles. The summed E-state index contributed by atoms with van der Waals surface area (Å²) in [5.74, 6) is 2.06. The first kappa shape index (κ1) is 65.9. The fourth-order valence-corrected chi connectivity index (χ4v) is 13.0. The minimum absolute atomic E-state index is 0.146. The van der Waals surface area contributed by atoms with Gasteiger partial charge in [0.05, 0.1) is 37.7 Å². The van der Waals surface area contributed by atoms with Gasteiger partial charge in [0.25, 0.3) is 5.16 Å². The van der Waals surface area contributed by atoms with Gasteiger partial charge in [-0.1, -0.05) is 108 Å². The molecule has 5 heterocycles. The predicted octanol–water partition coefficient (Wildman–Crippen LogP) is 10.7. The maximum atomic E-state index is 13.9. The first-order valence-electron chi connectivity index (χ1n) is 31.3. The molecule has 0 radical (unpaired) electrons. The quantitative estimate of drug-likeness (QED) is 0.0848. The number of anilines is 2. The van der Waals surface area contributed by atoms with E-state index in [0.29, 0.717) is 42.4 Å². The number of hydrogen-bond acceptors (Lipinski definition) is 17. The molecule has 19 nitrogen and oxygen atoms in total. The zero-order valence-corrected chi connectivity index (χ0v) is 54.5. The van der Waals surface area contributed by atoms with Crippen molar-refractivity contribution in [2.24, 2.45) is 0 Å². The van der Waals surface area contributed by atoms with Crippen LogP contribution in [0.5, 0.6) is 23.0 Å². The first-order valence-corrected chi connectivity index (χ1v) is 32.9. The highest BCUT2D eigenvalue weighted by Crippen LogP contribution is 2.41. The summed E-state index contributed by atoms with van der Waals surface area (Å²) < 4.78 is 58.3. The number of nitrogens with zero attached hydrogens (tertiary/aromatic N) is 9. The molecule has 0 aliphatic carbocycles. The van der Waals surface area contributed by atoms with Crippen LogP contribution >= 0.6 is 0 Å². The average molecular weight is 1270 g/mol. The number of hydrogen-bond donors (Lipinski definition) is 1. The Morgan fingerprint density at radius 3 is 1.61 bits per heavy atom. The average Bonchev–Trinajstić information content (AvgIpc) is 1.09. The normalized spacial score (nSPS) is 16.8. The molecule has 0 spiro atoms. The molecule has 4 aliphatic heterocycles. The second-order valence-electron chi connectivity index (χ2n) is 24.3. The molecule has 2 saturated heterocycles. The maximum Gasteiger partial charge on any atom is 0.410 e. The van der Waals surface area contributed by atoms with Crippen molar-refractivity contribution in [1.82, 2.24) is 40.2 Å². The van der Waals surface area contributed by atoms with Crippen LogP contribution in [-0.4, -0.2) is 161 Å². The Morgan fingerprint density at radius 2 is 1.10 bits per heavy atom. The number of likely N-dealkylation sites (N-methyl/N-ethyl adjacent to an activating group) is 2. The number of carbonyl (C=O) groups excluding carboxylic acids is 2. The highest BCUT2D eigenvalue weighted by molar-refractivity contribution is 7.91. The molecule has 0 saturated carbocycles. The van der Waals surface area contributed by atoms with Crippen LogP contribution in [0.3, 0.4) is 0 Å². The van der Waals surface area contributed by atoms with Gasteiger partial charge in [0.15, 0.2) is 23.0 Å². The summed E-state index contributed by atoms with van der Waals surface area (Å²) in [6.07, 6.45) is 6.19. The van der Waals surface area contributed by atoms with Gasteiger partial charge < -0.3 is 48.6 Å². The number of para-hydroxylation sites is 1. The van der Waals surface area contributed by atoms with E-state index in [0.717, 1.165) is 105 Å². The van der Waals surface area contributed by atoms with Gasteiger partial charge in [0.2, 0.25) is 9.84 Å². The number of ether oxygens (including phenoxy) is 5. The SMILES string of the molecule is CN1CCN(c2ccc(C=O)cc2)CC1.COc1cc2c(cc1OCc1ccccc1)CCN(C(=O)OC(C)(C)C)C2CS(=O)(=O)c1nnnn1-c1ccccc1.COc1cc2c(cc1OCc1ccccc1)CCNC2/C=C/c1ccc(N2CCN(C)CC2)cc1. The minimum atomic E-state index is -4.12.